The molecule has 0 aliphatic carbocycles. The van der Waals surface area contributed by atoms with Gasteiger partial charge in [0.2, 0.25) is 0 Å². The van der Waals surface area contributed by atoms with E-state index in [1.54, 1.807) is 0 Å². The molecule has 0 amide bonds. The normalized spacial score (nSPS) is 12.9. The number of benzene rings is 1. The fourth-order valence-electron chi connectivity index (χ4n) is 1.58. The Labute approximate surface area is 99.5 Å². The van der Waals surface area contributed by atoms with E-state index in [4.69, 9.17) is 12.6 Å². The highest BCUT2D eigenvalue weighted by Crippen LogP contribution is 2.32. The van der Waals surface area contributed by atoms with E-state index in [-0.39, 0.29) is 10.8 Å². The molecule has 0 nitrogen and oxygen atoms in total. The van der Waals surface area contributed by atoms with Gasteiger partial charge in [-0.1, -0.05) is 66.3 Å². The second kappa shape index (κ2) is 3.79. The fraction of sp³-hybridized carbons (Fsp3) is 0.571. The van der Waals surface area contributed by atoms with Crippen molar-refractivity contribution in [3.63, 3.8) is 0 Å². The second-order valence-corrected chi connectivity index (χ2v) is 6.65. The summed E-state index contributed by atoms with van der Waals surface area (Å²) in [6, 6.07) is 6.48. The Morgan fingerprint density at radius 2 is 1.40 bits per heavy atom. The molecule has 0 unspecified atom stereocenters. The van der Waals surface area contributed by atoms with E-state index in [2.05, 4.69) is 59.7 Å². The highest BCUT2D eigenvalue weighted by molar-refractivity contribution is 7.80. The molecule has 1 aromatic rings. The third-order valence-corrected chi connectivity index (χ3v) is 3.01. The van der Waals surface area contributed by atoms with Crippen LogP contribution in [0.25, 0.3) is 0 Å². The molecule has 1 heteroatoms. The van der Waals surface area contributed by atoms with Crippen molar-refractivity contribution in [3.8, 4) is 0 Å². The van der Waals surface area contributed by atoms with E-state index in [9.17, 15) is 0 Å². The molecule has 0 aliphatic heterocycles. The van der Waals surface area contributed by atoms with Crippen molar-refractivity contribution in [2.45, 2.75) is 57.3 Å². The highest BCUT2D eigenvalue weighted by Gasteiger charge is 2.21. The Hall–Kier alpha value is -0.560. The van der Waals surface area contributed by atoms with Crippen molar-refractivity contribution >= 4 is 12.6 Å². The molecule has 0 bridgehead atoms. The second-order valence-electron chi connectivity index (χ2n) is 6.21. The molecule has 1 rings (SSSR count). The van der Waals surface area contributed by atoms with Crippen molar-refractivity contribution in [2.24, 2.45) is 0 Å². The van der Waals surface area contributed by atoms with Crippen LogP contribution in [0.15, 0.2) is 23.1 Å². The highest BCUT2D eigenvalue weighted by atomic mass is 32.1. The molecule has 0 aliphatic rings. The van der Waals surface area contributed by atoms with Crippen LogP contribution in [0.1, 0.15) is 52.7 Å². The Bertz CT molecular complexity index is 351. The van der Waals surface area contributed by atoms with Gasteiger partial charge in [-0.2, -0.15) is 0 Å². The zero-order valence-electron chi connectivity index (χ0n) is 10.6. The molecular weight excluding hydrogens is 200 g/mol. The SMILES string of the molecule is CC(C)(C)c1ccc([S])c(C(C)(C)C)c1. The van der Waals surface area contributed by atoms with Crippen LogP contribution in [0, 0.1) is 0 Å². The maximum absolute atomic E-state index is 5.38. The molecule has 0 heterocycles. The average Bonchev–Trinajstić information content (AvgIpc) is 2.00. The lowest BCUT2D eigenvalue weighted by molar-refractivity contribution is 0.560. The van der Waals surface area contributed by atoms with E-state index in [0.29, 0.717) is 0 Å². The molecule has 0 saturated carbocycles. The first-order chi connectivity index (χ1) is 6.62. The van der Waals surface area contributed by atoms with Gasteiger partial charge in [0.25, 0.3) is 0 Å². The summed E-state index contributed by atoms with van der Waals surface area (Å²) in [5, 5.41) is 0. The van der Waals surface area contributed by atoms with Gasteiger partial charge in [0.15, 0.2) is 0 Å². The summed E-state index contributed by atoms with van der Waals surface area (Å²) >= 11 is 5.38. The monoisotopic (exact) mass is 221 g/mol. The molecule has 0 fully saturated rings. The van der Waals surface area contributed by atoms with Gasteiger partial charge in [-0.15, -0.1) is 0 Å². The molecule has 15 heavy (non-hydrogen) atoms. The van der Waals surface area contributed by atoms with E-state index >= 15 is 0 Å². The summed E-state index contributed by atoms with van der Waals surface area (Å²) in [6.45, 7) is 13.3. The van der Waals surface area contributed by atoms with E-state index in [1.807, 2.05) is 0 Å². The third-order valence-electron chi connectivity index (χ3n) is 2.65. The van der Waals surface area contributed by atoms with Crippen molar-refractivity contribution in [1.29, 1.82) is 0 Å². The molecule has 83 valence electrons. The third kappa shape index (κ3) is 2.94. The van der Waals surface area contributed by atoms with Gasteiger partial charge in [-0.05, 0) is 28.0 Å². The maximum atomic E-state index is 5.38. The minimum atomic E-state index is 0.137. The van der Waals surface area contributed by atoms with Crippen LogP contribution in [-0.4, -0.2) is 0 Å². The van der Waals surface area contributed by atoms with Gasteiger partial charge in [0.1, 0.15) is 0 Å². The van der Waals surface area contributed by atoms with Gasteiger partial charge < -0.3 is 0 Å². The lowest BCUT2D eigenvalue weighted by atomic mass is 9.81. The number of rotatable bonds is 0. The van der Waals surface area contributed by atoms with Crippen LogP contribution < -0.4 is 0 Å². The summed E-state index contributed by atoms with van der Waals surface area (Å²) < 4.78 is 0. The molecule has 0 aromatic heterocycles. The quantitative estimate of drug-likeness (QED) is 0.588. The first-order valence-electron chi connectivity index (χ1n) is 5.44. The van der Waals surface area contributed by atoms with Gasteiger partial charge in [-0.25, -0.2) is 0 Å². The lowest BCUT2D eigenvalue weighted by Gasteiger charge is -2.25. The molecule has 0 N–H and O–H groups in total. The number of hydrogen-bond donors (Lipinski definition) is 0. The summed E-state index contributed by atoms with van der Waals surface area (Å²) in [5.74, 6) is 0. The van der Waals surface area contributed by atoms with Gasteiger partial charge in [0, 0.05) is 4.90 Å². The molecule has 0 saturated heterocycles. The van der Waals surface area contributed by atoms with E-state index < -0.39 is 0 Å². The predicted molar refractivity (Wildman–Crippen MR) is 69.7 cm³/mol. The van der Waals surface area contributed by atoms with Gasteiger partial charge in [-0.3, -0.25) is 0 Å². The minimum absolute atomic E-state index is 0.137. The Morgan fingerprint density at radius 1 is 0.867 bits per heavy atom. The van der Waals surface area contributed by atoms with Gasteiger partial charge >= 0.3 is 0 Å². The standard InChI is InChI=1S/C14H21S/c1-13(2,3)10-7-8-12(15)11(9-10)14(4,5)6/h7-9H,1-6H3. The van der Waals surface area contributed by atoms with Crippen LogP contribution in [-0.2, 0) is 10.8 Å². The summed E-state index contributed by atoms with van der Waals surface area (Å²) in [7, 11) is 0. The smallest absolute Gasteiger partial charge is 0.0414 e. The number of hydrogen-bond acceptors (Lipinski definition) is 0. The summed E-state index contributed by atoms with van der Waals surface area (Å²) in [4.78, 5) is 0.982. The lowest BCUT2D eigenvalue weighted by Crippen LogP contribution is -2.16. The zero-order chi connectivity index (χ0) is 11.9. The first-order valence-corrected chi connectivity index (χ1v) is 5.85. The Kier molecular flexibility index (Phi) is 3.16. The van der Waals surface area contributed by atoms with Crippen LogP contribution in [0.2, 0.25) is 0 Å². The Balaban J connectivity index is 3.30. The molecular formula is C14H21S. The van der Waals surface area contributed by atoms with Crippen LogP contribution in [0.3, 0.4) is 0 Å². The summed E-state index contributed by atoms with van der Waals surface area (Å²) in [5.41, 5.74) is 2.98. The molecule has 0 atom stereocenters. The molecule has 0 spiro atoms. The zero-order valence-corrected chi connectivity index (χ0v) is 11.5. The molecule has 1 radical (unpaired) electrons. The van der Waals surface area contributed by atoms with E-state index in [1.165, 1.54) is 11.1 Å². The topological polar surface area (TPSA) is 0 Å². The van der Waals surface area contributed by atoms with Crippen LogP contribution in [0.5, 0.6) is 0 Å². The van der Waals surface area contributed by atoms with Gasteiger partial charge in [0.05, 0.1) is 0 Å². The average molecular weight is 221 g/mol. The first kappa shape index (κ1) is 12.5. The van der Waals surface area contributed by atoms with Crippen molar-refractivity contribution in [2.75, 3.05) is 0 Å². The van der Waals surface area contributed by atoms with Crippen LogP contribution >= 0.6 is 12.6 Å². The summed E-state index contributed by atoms with van der Waals surface area (Å²) in [6.07, 6.45) is 0. The molecule has 1 aromatic carbocycles. The van der Waals surface area contributed by atoms with Crippen molar-refractivity contribution in [3.05, 3.63) is 29.3 Å². The maximum Gasteiger partial charge on any atom is 0.0414 e. The van der Waals surface area contributed by atoms with E-state index in [0.717, 1.165) is 4.90 Å². The fourth-order valence-corrected chi connectivity index (χ4v) is 2.02. The Morgan fingerprint density at radius 3 is 1.80 bits per heavy atom. The minimum Gasteiger partial charge on any atom is -0.0798 e. The van der Waals surface area contributed by atoms with Crippen molar-refractivity contribution in [1.82, 2.24) is 0 Å². The van der Waals surface area contributed by atoms with Crippen molar-refractivity contribution < 1.29 is 0 Å². The largest absolute Gasteiger partial charge is 0.0798 e. The van der Waals surface area contributed by atoms with Crippen LogP contribution in [0.4, 0.5) is 0 Å². The predicted octanol–water partition coefficient (Wildman–Crippen LogP) is 4.84.